The molecule has 0 fully saturated rings. The van der Waals surface area contributed by atoms with Crippen LogP contribution in [0.1, 0.15) is 0 Å². The van der Waals surface area contributed by atoms with Crippen LogP contribution in [0.4, 0.5) is 0 Å². The summed E-state index contributed by atoms with van der Waals surface area (Å²) in [5.41, 5.74) is 0. The van der Waals surface area contributed by atoms with Gasteiger partial charge in [0.2, 0.25) is 0 Å². The van der Waals surface area contributed by atoms with Gasteiger partial charge in [-0.15, -0.1) is 0 Å². The fourth-order valence-electron chi connectivity index (χ4n) is 0. The van der Waals surface area contributed by atoms with Gasteiger partial charge in [-0.05, 0) is 0 Å². The Bertz CT molecular complexity index is 70.1. The van der Waals surface area contributed by atoms with Crippen LogP contribution in [0.5, 0.6) is 0 Å². The zero-order valence-electron chi connectivity index (χ0n) is 5.76. The summed E-state index contributed by atoms with van der Waals surface area (Å²) in [4.78, 5) is 32.9. The fraction of sp³-hybridized carbons (Fsp3) is 0. The van der Waals surface area contributed by atoms with Crippen molar-refractivity contribution in [3.63, 3.8) is 0 Å². The standard InChI is InChI=1S/4CHO2.Co/c4*2-1-3;/h4*(H,2,3);/q4*-1;. The van der Waals surface area contributed by atoms with Gasteiger partial charge in [0.1, 0.15) is 0 Å². The van der Waals surface area contributed by atoms with E-state index in [1.165, 1.54) is 0 Å². The maximum atomic E-state index is 8.24. The molecule has 0 aromatic rings. The molecule has 0 saturated heterocycles. The van der Waals surface area contributed by atoms with Gasteiger partial charge in [0.25, 0.3) is 0 Å². The van der Waals surface area contributed by atoms with Crippen molar-refractivity contribution in [2.45, 2.75) is 0 Å². The second kappa shape index (κ2) is 161. The third kappa shape index (κ3) is 281. The SMILES string of the molecule is O=[C-]O.O=[C-]O.O=[C-]O.O=[C-]O.[Co]. The monoisotopic (exact) mass is 239 g/mol. The van der Waals surface area contributed by atoms with Crippen molar-refractivity contribution in [2.24, 2.45) is 0 Å². The minimum absolute atomic E-state index is 0. The van der Waals surface area contributed by atoms with Gasteiger partial charge < -0.3 is 39.6 Å². The Morgan fingerprint density at radius 2 is 0.538 bits per heavy atom. The second-order valence-corrected chi connectivity index (χ2v) is 0.365. The van der Waals surface area contributed by atoms with Crippen molar-refractivity contribution in [1.82, 2.24) is 0 Å². The summed E-state index contributed by atoms with van der Waals surface area (Å²) in [6.07, 6.45) is 0. The van der Waals surface area contributed by atoms with E-state index in [1.807, 2.05) is 0 Å². The molecule has 0 aliphatic heterocycles. The quantitative estimate of drug-likeness (QED) is 0.371. The molecule has 0 atom stereocenters. The predicted octanol–water partition coefficient (Wildman–Crippen LogP) is -1.56. The molecule has 0 unspecified atom stereocenters. The smallest absolute Gasteiger partial charge is 0 e. The van der Waals surface area contributed by atoms with E-state index in [1.54, 1.807) is 0 Å². The molecule has 1 radical (unpaired) electrons. The van der Waals surface area contributed by atoms with Crippen LogP contribution in [0.15, 0.2) is 0 Å². The molecule has 9 heteroatoms. The average molecular weight is 239 g/mol. The molecule has 0 aliphatic rings. The molecular weight excluding hydrogens is 235 g/mol. The van der Waals surface area contributed by atoms with Crippen molar-refractivity contribution >= 4 is 25.9 Å². The van der Waals surface area contributed by atoms with E-state index in [0.29, 0.717) is 25.9 Å². The van der Waals surface area contributed by atoms with E-state index in [9.17, 15) is 0 Å². The van der Waals surface area contributed by atoms with Crippen LogP contribution in [0.25, 0.3) is 0 Å². The molecule has 0 aromatic heterocycles. The normalized spacial score (nSPS) is 3.69. The topological polar surface area (TPSA) is 149 Å². The Morgan fingerprint density at radius 1 is 0.538 bits per heavy atom. The number of hydrogen-bond acceptors (Lipinski definition) is 4. The van der Waals surface area contributed by atoms with Gasteiger partial charge in [0, 0.05) is 16.8 Å². The Hall–Kier alpha value is -1.61. The van der Waals surface area contributed by atoms with Crippen molar-refractivity contribution in [2.75, 3.05) is 0 Å². The first kappa shape index (κ1) is 30.1. The molecule has 4 N–H and O–H groups in total. The molecular formula is C4H4CoO8-4. The Labute approximate surface area is 83.0 Å². The van der Waals surface area contributed by atoms with Gasteiger partial charge in [-0.2, -0.15) is 0 Å². The molecule has 0 aliphatic carbocycles. The van der Waals surface area contributed by atoms with Crippen molar-refractivity contribution in [1.29, 1.82) is 0 Å². The number of rotatable bonds is 0. The number of aliphatic hydroxyl groups excluding tert-OH is 4. The summed E-state index contributed by atoms with van der Waals surface area (Å²) in [6, 6.07) is 0. The molecule has 0 aromatic carbocycles. The molecule has 0 heterocycles. The largest absolute Gasteiger partial charge is 0.665 e. The van der Waals surface area contributed by atoms with Gasteiger partial charge >= 0.3 is 0 Å². The van der Waals surface area contributed by atoms with Gasteiger partial charge in [-0.25, -0.2) is 0 Å². The van der Waals surface area contributed by atoms with E-state index in [4.69, 9.17) is 39.6 Å². The maximum Gasteiger partial charge on any atom is 0 e. The van der Waals surface area contributed by atoms with E-state index in [0.717, 1.165) is 0 Å². The Morgan fingerprint density at radius 3 is 0.538 bits per heavy atom. The van der Waals surface area contributed by atoms with Crippen molar-refractivity contribution in [3.05, 3.63) is 0 Å². The Balaban J connectivity index is -0.0000000213. The van der Waals surface area contributed by atoms with Crippen LogP contribution < -0.4 is 0 Å². The van der Waals surface area contributed by atoms with Crippen LogP contribution >= 0.6 is 0 Å². The van der Waals surface area contributed by atoms with Crippen LogP contribution in [0, 0.1) is 0 Å². The molecule has 0 bridgehead atoms. The van der Waals surface area contributed by atoms with Crippen molar-refractivity contribution in [3.8, 4) is 0 Å². The van der Waals surface area contributed by atoms with Gasteiger partial charge in [0.05, 0.1) is 0 Å². The maximum absolute atomic E-state index is 8.24. The zero-order chi connectivity index (χ0) is 10.8. The van der Waals surface area contributed by atoms with Crippen LogP contribution in [0.3, 0.4) is 0 Å². The first-order chi connectivity index (χ1) is 5.66. The Kier molecular flexibility index (Phi) is 372. The van der Waals surface area contributed by atoms with Gasteiger partial charge in [-0.1, -0.05) is 25.9 Å². The zero-order valence-corrected chi connectivity index (χ0v) is 6.80. The summed E-state index contributed by atoms with van der Waals surface area (Å²) in [7, 11) is 0. The summed E-state index contributed by atoms with van der Waals surface area (Å²) in [5.74, 6) is 0. The minimum Gasteiger partial charge on any atom is -0.665 e. The molecule has 8 nitrogen and oxygen atoms in total. The molecule has 13 heavy (non-hydrogen) atoms. The van der Waals surface area contributed by atoms with Crippen LogP contribution in [-0.4, -0.2) is 46.3 Å². The van der Waals surface area contributed by atoms with Crippen LogP contribution in [-0.2, 0) is 36.0 Å². The fourth-order valence-corrected chi connectivity index (χ4v) is 0. The predicted molar refractivity (Wildman–Crippen MR) is 33.3 cm³/mol. The molecule has 81 valence electrons. The summed E-state index contributed by atoms with van der Waals surface area (Å²) in [5, 5.41) is 27.1. The van der Waals surface area contributed by atoms with Gasteiger partial charge in [-0.3, -0.25) is 0 Å². The number of hydrogen-bond donors (Lipinski definition) is 4. The second-order valence-electron chi connectivity index (χ2n) is 0.365. The van der Waals surface area contributed by atoms with Crippen LogP contribution in [0.2, 0.25) is 0 Å². The molecule has 0 amide bonds. The first-order valence-corrected chi connectivity index (χ1v) is 1.71. The van der Waals surface area contributed by atoms with Crippen molar-refractivity contribution < 1.29 is 56.4 Å². The minimum atomic E-state index is 0. The summed E-state index contributed by atoms with van der Waals surface area (Å²) in [6.45, 7) is 2.00. The molecule has 0 saturated carbocycles. The summed E-state index contributed by atoms with van der Waals surface area (Å²) >= 11 is 0. The molecule has 0 rings (SSSR count). The van der Waals surface area contributed by atoms with E-state index >= 15 is 0 Å². The molecule has 0 spiro atoms. The average Bonchev–Trinajstić information content (AvgIpc) is 1.92. The van der Waals surface area contributed by atoms with E-state index in [-0.39, 0.29) is 16.8 Å². The summed E-state index contributed by atoms with van der Waals surface area (Å²) < 4.78 is 0. The first-order valence-electron chi connectivity index (χ1n) is 1.71. The van der Waals surface area contributed by atoms with E-state index in [2.05, 4.69) is 0 Å². The van der Waals surface area contributed by atoms with Gasteiger partial charge in [0.15, 0.2) is 0 Å². The third-order valence-corrected chi connectivity index (χ3v) is 0. The third-order valence-electron chi connectivity index (χ3n) is 0. The van der Waals surface area contributed by atoms with E-state index < -0.39 is 0 Å².